The Morgan fingerprint density at radius 3 is 1.77 bits per heavy atom. The first-order valence-corrected chi connectivity index (χ1v) is 23.3. The van der Waals surface area contributed by atoms with E-state index >= 15 is 0 Å². The number of carboxylic acids is 1. The lowest BCUT2D eigenvalue weighted by Crippen LogP contribution is -3.11. The Kier molecular flexibility index (Phi) is 17.3. The fourth-order valence-electron chi connectivity index (χ4n) is 6.81. The summed E-state index contributed by atoms with van der Waals surface area (Å²) in [5, 5.41) is 35.7. The summed E-state index contributed by atoms with van der Waals surface area (Å²) in [4.78, 5) is 26.9. The number of rotatable bonds is 14. The third-order valence-corrected chi connectivity index (χ3v) is 12.3. The van der Waals surface area contributed by atoms with Crippen molar-refractivity contribution in [3.8, 4) is 33.8 Å². The van der Waals surface area contributed by atoms with Crippen LogP contribution in [-0.4, -0.2) is 103 Å². The smallest absolute Gasteiger partial charge is 0.336 e. The van der Waals surface area contributed by atoms with Crippen LogP contribution in [0.3, 0.4) is 0 Å². The van der Waals surface area contributed by atoms with Crippen LogP contribution in [0.5, 0.6) is 0 Å². The monoisotopic (exact) mass is 919 g/mol. The largest absolute Gasteiger partial charge is 0.744 e. The average molecular weight is 920 g/mol. The molecule has 3 aromatic carbocycles. The molecule has 342 valence electrons. The number of anilines is 1. The number of aromatic nitrogens is 4. The van der Waals surface area contributed by atoms with Crippen molar-refractivity contribution in [2.75, 3.05) is 45.0 Å². The molecular weight excluding hydrogens is 867 g/mol. The summed E-state index contributed by atoms with van der Waals surface area (Å²) in [5.41, 5.74) is 4.60. The number of nitrogens with two attached hydrogens (primary N) is 1. The van der Waals surface area contributed by atoms with Crippen molar-refractivity contribution in [2.45, 2.75) is 64.8 Å². The fraction of sp³-hybridized carbons (Fsp3) is 0.326. The SMILES string of the molecule is CC[NH+](CC)CC.CC[NH+](CC)CC.Cc1nnc(-c2ccc(CNC(=O)c3ccc(-c4c5ccc(=N)c(S(=O)(=O)[O-])c-5oc5c(S(=O)(=O)[O-])c(N)ccc45)c(C(=O)O)c3)cc2)nn1. The summed E-state index contributed by atoms with van der Waals surface area (Å²) in [6.45, 7) is 22.7. The van der Waals surface area contributed by atoms with E-state index < -0.39 is 69.9 Å². The van der Waals surface area contributed by atoms with Gasteiger partial charge in [0.2, 0.25) is 5.82 Å². The van der Waals surface area contributed by atoms with Crippen molar-refractivity contribution in [2.24, 2.45) is 0 Å². The van der Waals surface area contributed by atoms with E-state index in [9.17, 15) is 40.6 Å². The first-order chi connectivity index (χ1) is 30.2. The van der Waals surface area contributed by atoms with E-state index in [4.69, 9.17) is 15.6 Å². The number of benzene rings is 4. The lowest BCUT2D eigenvalue weighted by atomic mass is 9.89. The molecule has 0 saturated carbocycles. The number of carbonyl (C=O) groups excluding carboxylic acids is 1. The quantitative estimate of drug-likeness (QED) is 0.0518. The maximum Gasteiger partial charge on any atom is 0.336 e. The minimum absolute atomic E-state index is 0.0414. The highest BCUT2D eigenvalue weighted by Gasteiger charge is 2.29. The lowest BCUT2D eigenvalue weighted by molar-refractivity contribution is -0.894. The number of quaternary nitrogens is 2. The van der Waals surface area contributed by atoms with Crippen LogP contribution in [-0.2, 0) is 26.8 Å². The van der Waals surface area contributed by atoms with Crippen LogP contribution < -0.4 is 26.2 Å². The fourth-order valence-corrected chi connectivity index (χ4v) is 8.26. The molecule has 1 amide bonds. The van der Waals surface area contributed by atoms with Crippen LogP contribution in [0.1, 0.15) is 73.6 Å². The molecule has 64 heavy (non-hydrogen) atoms. The first kappa shape index (κ1) is 50.4. The molecule has 4 aromatic rings. The predicted octanol–water partition coefficient (Wildman–Crippen LogP) is 2.12. The van der Waals surface area contributed by atoms with Crippen molar-refractivity contribution in [1.82, 2.24) is 25.7 Å². The van der Waals surface area contributed by atoms with Crippen LogP contribution in [0.25, 0.3) is 44.8 Å². The molecule has 7 N–H and O–H groups in total. The molecular formula is C43H53N9O10S2. The number of carboxylic acid groups (broad SMARTS) is 1. The number of nitrogens with zero attached hydrogens (tertiary/aromatic N) is 4. The molecule has 2 heterocycles. The topological polar surface area (TPSA) is 304 Å². The third kappa shape index (κ3) is 12.1. The summed E-state index contributed by atoms with van der Waals surface area (Å²) in [7, 11) is -10.9. The maximum atomic E-state index is 13.2. The maximum absolute atomic E-state index is 13.2. The van der Waals surface area contributed by atoms with Crippen molar-refractivity contribution in [3.63, 3.8) is 0 Å². The van der Waals surface area contributed by atoms with Gasteiger partial charge >= 0.3 is 5.97 Å². The highest BCUT2D eigenvalue weighted by Crippen LogP contribution is 2.45. The van der Waals surface area contributed by atoms with Gasteiger partial charge in [-0.2, -0.15) is 0 Å². The molecule has 0 spiro atoms. The molecule has 1 aliphatic heterocycles. The third-order valence-electron chi connectivity index (χ3n) is 10.5. The summed E-state index contributed by atoms with van der Waals surface area (Å²) in [5.74, 6) is -2.30. The zero-order valence-corrected chi connectivity index (χ0v) is 38.2. The molecule has 0 radical (unpaired) electrons. The van der Waals surface area contributed by atoms with Gasteiger partial charge in [0.05, 0.1) is 55.9 Å². The molecule has 0 bridgehead atoms. The summed E-state index contributed by atoms with van der Waals surface area (Å²) in [6.07, 6.45) is 0. The van der Waals surface area contributed by atoms with Crippen LogP contribution in [0.2, 0.25) is 0 Å². The Balaban J connectivity index is 0.000000555. The van der Waals surface area contributed by atoms with Gasteiger partial charge in [-0.25, -0.2) is 21.6 Å². The molecule has 2 aliphatic rings. The van der Waals surface area contributed by atoms with Gasteiger partial charge in [0.1, 0.15) is 30.0 Å². The molecule has 6 rings (SSSR count). The second-order valence-electron chi connectivity index (χ2n) is 14.4. The Morgan fingerprint density at radius 2 is 1.28 bits per heavy atom. The number of hydrogen-bond donors (Lipinski definition) is 6. The second-order valence-corrected chi connectivity index (χ2v) is 17.0. The molecule has 19 nitrogen and oxygen atoms in total. The van der Waals surface area contributed by atoms with E-state index in [1.165, 1.54) is 63.5 Å². The first-order valence-electron chi connectivity index (χ1n) is 20.5. The molecule has 0 atom stereocenters. The normalized spacial score (nSPS) is 11.5. The summed E-state index contributed by atoms with van der Waals surface area (Å²) >= 11 is 0. The van der Waals surface area contributed by atoms with Gasteiger partial charge in [-0.15, -0.1) is 20.4 Å². The highest BCUT2D eigenvalue weighted by molar-refractivity contribution is 7.86. The van der Waals surface area contributed by atoms with Gasteiger partial charge in [-0.05, 0) is 96.0 Å². The van der Waals surface area contributed by atoms with Gasteiger partial charge in [0.15, 0.2) is 17.2 Å². The lowest BCUT2D eigenvalue weighted by Gasteiger charge is -2.22. The number of nitrogens with one attached hydrogen (secondary N) is 4. The van der Waals surface area contributed by atoms with Gasteiger partial charge in [0.25, 0.3) is 5.91 Å². The Bertz CT molecular complexity index is 2830. The number of amides is 1. The number of hydrogen-bond acceptors (Lipinski definition) is 15. The van der Waals surface area contributed by atoms with E-state index in [1.54, 1.807) is 41.0 Å². The molecule has 1 aliphatic carbocycles. The minimum atomic E-state index is -5.45. The molecule has 0 fully saturated rings. The minimum Gasteiger partial charge on any atom is -0.744 e. The number of carbonyl (C=O) groups is 2. The number of fused-ring (bicyclic) bond motifs is 2. The average Bonchev–Trinajstić information content (AvgIpc) is 3.25. The molecule has 0 saturated heterocycles. The van der Waals surface area contributed by atoms with Crippen LogP contribution in [0, 0.1) is 12.3 Å². The molecule has 21 heteroatoms. The van der Waals surface area contributed by atoms with E-state index in [1.807, 2.05) is 0 Å². The zero-order valence-electron chi connectivity index (χ0n) is 36.6. The molecule has 0 unspecified atom stereocenters. The van der Waals surface area contributed by atoms with Crippen molar-refractivity contribution in [1.29, 1.82) is 5.41 Å². The van der Waals surface area contributed by atoms with E-state index in [0.717, 1.165) is 18.2 Å². The second kappa shape index (κ2) is 21.9. The van der Waals surface area contributed by atoms with Gasteiger partial charge in [-0.3, -0.25) is 10.2 Å². The van der Waals surface area contributed by atoms with Gasteiger partial charge in [-0.1, -0.05) is 30.3 Å². The van der Waals surface area contributed by atoms with E-state index in [-0.39, 0.29) is 34.2 Å². The van der Waals surface area contributed by atoms with E-state index in [0.29, 0.717) is 22.8 Å². The van der Waals surface area contributed by atoms with Gasteiger partial charge in [0, 0.05) is 34.2 Å². The number of nitrogen functional groups attached to an aromatic ring is 1. The van der Waals surface area contributed by atoms with Gasteiger partial charge < -0.3 is 39.5 Å². The Labute approximate surface area is 371 Å². The Morgan fingerprint density at radius 1 is 0.750 bits per heavy atom. The summed E-state index contributed by atoms with van der Waals surface area (Å²) < 4.78 is 79.2. The zero-order chi connectivity index (χ0) is 47.5. The predicted molar refractivity (Wildman–Crippen MR) is 236 cm³/mol. The number of aromatic carboxylic acids is 1. The van der Waals surface area contributed by atoms with E-state index in [2.05, 4.69) is 67.3 Å². The van der Waals surface area contributed by atoms with Crippen molar-refractivity contribution < 1.29 is 54.9 Å². The van der Waals surface area contributed by atoms with Crippen LogP contribution >= 0.6 is 0 Å². The summed E-state index contributed by atoms with van der Waals surface area (Å²) in [6, 6.07) is 14.8. The van der Waals surface area contributed by atoms with Crippen molar-refractivity contribution >= 4 is 48.8 Å². The highest BCUT2D eigenvalue weighted by atomic mass is 32.2. The van der Waals surface area contributed by atoms with Crippen LogP contribution in [0.15, 0.2) is 80.9 Å². The van der Waals surface area contributed by atoms with Crippen molar-refractivity contribution in [3.05, 3.63) is 94.6 Å². The Hall–Kier alpha value is -6.23. The standard InChI is InChI=1S/C31H23N7O10S2.2C6H15N/c1-14-35-37-29(38-36-14)16-4-2-15(3-5-16)13-34-30(39)17-6-7-18(21(12-17)31(40)41)24-19-8-10-22(32)27(49(42,43)44)25(19)48-26-20(24)9-11-23(33)28(26)50(45,46)47;2*1-4-7(5-2)6-3/h2-12,32H,13,33H2,1H3,(H,34,39)(H,40,41)(H,42,43,44)(H,45,46,47);2*4-6H2,1-3H3. The van der Waals surface area contributed by atoms with Crippen LogP contribution in [0.4, 0.5) is 5.69 Å². The molecule has 1 aromatic heterocycles. The number of aryl methyl sites for hydroxylation is 1.